The van der Waals surface area contributed by atoms with Gasteiger partial charge in [-0.25, -0.2) is 9.59 Å². The van der Waals surface area contributed by atoms with E-state index in [0.29, 0.717) is 23.6 Å². The van der Waals surface area contributed by atoms with Crippen LogP contribution in [0.5, 0.6) is 0 Å². The van der Waals surface area contributed by atoms with Crippen molar-refractivity contribution in [2.75, 3.05) is 44.2 Å². The fraction of sp³-hybridized carbons (Fsp3) is 0.364. The lowest BCUT2D eigenvalue weighted by Gasteiger charge is -2.37. The van der Waals surface area contributed by atoms with Crippen LogP contribution in [-0.2, 0) is 9.53 Å². The molecule has 2 aliphatic rings. The Morgan fingerprint density at radius 3 is 2.57 bits per heavy atom. The van der Waals surface area contributed by atoms with E-state index in [2.05, 4.69) is 32.6 Å². The first-order valence-electron chi connectivity index (χ1n) is 10.2. The Hall–Kier alpha value is -3.26. The van der Waals surface area contributed by atoms with Gasteiger partial charge in [-0.3, -0.25) is 4.90 Å². The number of piperazine rings is 1. The number of anilines is 1. The largest absolute Gasteiger partial charge is 0.467 e. The molecule has 0 bridgehead atoms. The van der Waals surface area contributed by atoms with Crippen molar-refractivity contribution >= 4 is 17.7 Å². The van der Waals surface area contributed by atoms with Gasteiger partial charge in [0.25, 0.3) is 0 Å². The van der Waals surface area contributed by atoms with Crippen molar-refractivity contribution in [1.82, 2.24) is 15.5 Å². The van der Waals surface area contributed by atoms with Gasteiger partial charge in [0, 0.05) is 44.1 Å². The monoisotopic (exact) mass is 410 g/mol. The van der Waals surface area contributed by atoms with Crippen LogP contribution in [0, 0.1) is 0 Å². The third-order valence-corrected chi connectivity index (χ3v) is 5.35. The maximum Gasteiger partial charge on any atom is 0.338 e. The van der Waals surface area contributed by atoms with E-state index in [1.165, 1.54) is 12.0 Å². The van der Waals surface area contributed by atoms with Crippen molar-refractivity contribution in [3.63, 3.8) is 0 Å². The molecule has 2 amide bonds. The first-order valence-corrected chi connectivity index (χ1v) is 10.2. The summed E-state index contributed by atoms with van der Waals surface area (Å²) in [6, 6.07) is 12.7. The van der Waals surface area contributed by atoms with Gasteiger partial charge in [-0.05, 0) is 31.2 Å². The number of nitrogens with zero attached hydrogens (tertiary/aromatic N) is 2. The molecule has 0 radical (unpaired) electrons. The van der Waals surface area contributed by atoms with Crippen LogP contribution in [0.4, 0.5) is 10.5 Å². The van der Waals surface area contributed by atoms with Crippen molar-refractivity contribution in [2.24, 2.45) is 0 Å². The third kappa shape index (κ3) is 4.33. The predicted octanol–water partition coefficient (Wildman–Crippen LogP) is 2.27. The van der Waals surface area contributed by atoms with Gasteiger partial charge in [0.2, 0.25) is 0 Å². The second kappa shape index (κ2) is 9.04. The zero-order chi connectivity index (χ0) is 20.9. The Bertz CT molecular complexity index is 902. The van der Waals surface area contributed by atoms with Gasteiger partial charge < -0.3 is 24.7 Å². The Balaban J connectivity index is 1.53. The summed E-state index contributed by atoms with van der Waals surface area (Å²) >= 11 is 0. The van der Waals surface area contributed by atoms with E-state index < -0.39 is 12.0 Å². The Kier molecular flexibility index (Phi) is 6.04. The molecule has 2 N–H and O–H groups in total. The highest BCUT2D eigenvalue weighted by Gasteiger charge is 2.36. The molecule has 2 aromatic rings. The topological polar surface area (TPSA) is 87.0 Å². The summed E-state index contributed by atoms with van der Waals surface area (Å²) in [6.45, 7) is 5.87. The summed E-state index contributed by atoms with van der Waals surface area (Å²) in [5.74, 6) is 0.0450. The SMILES string of the molecule is CCOC(=O)C1=C(CN2CCN(c3ccccc3)CC2)NC(=O)N[C@H]1c1ccco1. The van der Waals surface area contributed by atoms with Gasteiger partial charge in [0.05, 0.1) is 18.4 Å². The molecule has 0 spiro atoms. The summed E-state index contributed by atoms with van der Waals surface area (Å²) in [5.41, 5.74) is 2.15. The van der Waals surface area contributed by atoms with Crippen molar-refractivity contribution in [3.05, 3.63) is 65.8 Å². The fourth-order valence-corrected chi connectivity index (χ4v) is 3.89. The molecule has 30 heavy (non-hydrogen) atoms. The number of furan rings is 1. The van der Waals surface area contributed by atoms with Crippen molar-refractivity contribution < 1.29 is 18.7 Å². The number of para-hydroxylation sites is 1. The zero-order valence-corrected chi connectivity index (χ0v) is 17.0. The number of rotatable bonds is 6. The molecule has 8 heteroatoms. The minimum absolute atomic E-state index is 0.254. The second-order valence-corrected chi connectivity index (χ2v) is 7.26. The normalized spacial score (nSPS) is 20.0. The van der Waals surface area contributed by atoms with Gasteiger partial charge in [-0.1, -0.05) is 18.2 Å². The van der Waals surface area contributed by atoms with E-state index >= 15 is 0 Å². The van der Waals surface area contributed by atoms with Crippen molar-refractivity contribution in [3.8, 4) is 0 Å². The molecule has 1 aromatic heterocycles. The molecule has 8 nitrogen and oxygen atoms in total. The maximum atomic E-state index is 12.8. The number of amides is 2. The van der Waals surface area contributed by atoms with Gasteiger partial charge in [-0.15, -0.1) is 0 Å². The quantitative estimate of drug-likeness (QED) is 0.711. The summed E-state index contributed by atoms with van der Waals surface area (Å²) in [5, 5.41) is 5.59. The maximum absolute atomic E-state index is 12.8. The van der Waals surface area contributed by atoms with Crippen LogP contribution in [0.1, 0.15) is 18.7 Å². The lowest BCUT2D eigenvalue weighted by Crippen LogP contribution is -2.51. The minimum atomic E-state index is -0.673. The van der Waals surface area contributed by atoms with Gasteiger partial charge >= 0.3 is 12.0 Å². The average molecular weight is 410 g/mol. The van der Waals surface area contributed by atoms with Crippen molar-refractivity contribution in [1.29, 1.82) is 0 Å². The molecule has 0 aliphatic carbocycles. The molecule has 4 rings (SSSR count). The number of benzene rings is 1. The highest BCUT2D eigenvalue weighted by atomic mass is 16.5. The third-order valence-electron chi connectivity index (χ3n) is 5.35. The Morgan fingerprint density at radius 2 is 1.90 bits per heavy atom. The Labute approximate surface area is 175 Å². The second-order valence-electron chi connectivity index (χ2n) is 7.26. The van der Waals surface area contributed by atoms with E-state index in [4.69, 9.17) is 9.15 Å². The summed E-state index contributed by atoms with van der Waals surface area (Å²) in [4.78, 5) is 29.6. The van der Waals surface area contributed by atoms with Crippen LogP contribution in [-0.4, -0.2) is 56.2 Å². The molecule has 1 aromatic carbocycles. The van der Waals surface area contributed by atoms with Crippen LogP contribution < -0.4 is 15.5 Å². The number of hydrogen-bond acceptors (Lipinski definition) is 6. The number of ether oxygens (including phenoxy) is 1. The molecule has 2 aliphatic heterocycles. The average Bonchev–Trinajstić information content (AvgIpc) is 3.29. The number of carbonyl (C=O) groups is 2. The molecule has 1 saturated heterocycles. The highest BCUT2D eigenvalue weighted by Crippen LogP contribution is 2.28. The Morgan fingerprint density at radius 1 is 1.13 bits per heavy atom. The van der Waals surface area contributed by atoms with Crippen molar-refractivity contribution in [2.45, 2.75) is 13.0 Å². The smallest absolute Gasteiger partial charge is 0.338 e. The van der Waals surface area contributed by atoms with E-state index in [-0.39, 0.29) is 12.6 Å². The summed E-state index contributed by atoms with van der Waals surface area (Å²) in [7, 11) is 0. The van der Waals surface area contributed by atoms with E-state index in [0.717, 1.165) is 26.2 Å². The van der Waals surface area contributed by atoms with E-state index in [1.54, 1.807) is 19.1 Å². The summed E-state index contributed by atoms with van der Waals surface area (Å²) < 4.78 is 10.8. The van der Waals surface area contributed by atoms with Gasteiger partial charge in [0.15, 0.2) is 0 Å². The lowest BCUT2D eigenvalue weighted by molar-refractivity contribution is -0.139. The number of esters is 1. The van der Waals surface area contributed by atoms with Crippen LogP contribution >= 0.6 is 0 Å². The first kappa shape index (κ1) is 20.0. The van der Waals surface area contributed by atoms with Crippen LogP contribution in [0.15, 0.2) is 64.4 Å². The lowest BCUT2D eigenvalue weighted by atomic mass is 9.99. The number of urea groups is 1. The fourth-order valence-electron chi connectivity index (χ4n) is 3.89. The molecule has 0 unspecified atom stereocenters. The molecule has 0 saturated carbocycles. The van der Waals surface area contributed by atoms with Gasteiger partial charge in [0.1, 0.15) is 11.8 Å². The standard InChI is InChI=1S/C22H26N4O4/c1-2-29-21(27)19-17(23-22(28)24-20(19)18-9-6-14-30-18)15-25-10-12-26(13-11-25)16-7-4-3-5-8-16/h3-9,14,20H,2,10-13,15H2,1H3,(H2,23,24,28)/t20-/m0/s1. The van der Waals surface area contributed by atoms with Gasteiger partial charge in [-0.2, -0.15) is 0 Å². The molecular weight excluding hydrogens is 384 g/mol. The predicted molar refractivity (Wildman–Crippen MR) is 112 cm³/mol. The van der Waals surface area contributed by atoms with Crippen LogP contribution in [0.2, 0.25) is 0 Å². The molecule has 1 fully saturated rings. The highest BCUT2D eigenvalue weighted by molar-refractivity contribution is 5.95. The number of nitrogens with one attached hydrogen (secondary N) is 2. The van der Waals surface area contributed by atoms with Crippen LogP contribution in [0.25, 0.3) is 0 Å². The molecular formula is C22H26N4O4. The minimum Gasteiger partial charge on any atom is -0.467 e. The molecule has 3 heterocycles. The number of carbonyl (C=O) groups excluding carboxylic acids is 2. The number of hydrogen-bond donors (Lipinski definition) is 2. The molecule has 1 atom stereocenters. The first-order chi connectivity index (χ1) is 14.7. The van der Waals surface area contributed by atoms with E-state index in [1.807, 2.05) is 18.2 Å². The van der Waals surface area contributed by atoms with Crippen LogP contribution in [0.3, 0.4) is 0 Å². The zero-order valence-electron chi connectivity index (χ0n) is 17.0. The summed E-state index contributed by atoms with van der Waals surface area (Å²) in [6.07, 6.45) is 1.52. The van der Waals surface area contributed by atoms with E-state index in [9.17, 15) is 9.59 Å². The molecule has 158 valence electrons.